The molecule has 35 heavy (non-hydrogen) atoms. The number of nitrogens with zero attached hydrogens (tertiary/aromatic N) is 1. The summed E-state index contributed by atoms with van der Waals surface area (Å²) >= 11 is 0. The van der Waals surface area contributed by atoms with Crippen molar-refractivity contribution in [1.29, 1.82) is 0 Å². The van der Waals surface area contributed by atoms with Crippen molar-refractivity contribution in [3.63, 3.8) is 0 Å². The number of hydrogen-bond acceptors (Lipinski definition) is 6. The molecule has 0 saturated heterocycles. The van der Waals surface area contributed by atoms with Gasteiger partial charge in [0.25, 0.3) is 0 Å². The van der Waals surface area contributed by atoms with E-state index in [0.717, 1.165) is 44.9 Å². The molecule has 0 radical (unpaired) electrons. The molecule has 202 valence electrons. The molecule has 0 fully saturated rings. The van der Waals surface area contributed by atoms with Crippen LogP contribution in [0.15, 0.2) is 48.6 Å². The summed E-state index contributed by atoms with van der Waals surface area (Å²) in [6.07, 6.45) is 22.5. The normalized spacial score (nSPS) is 15.5. The number of phosphoric acid groups is 1. The number of esters is 1. The van der Waals surface area contributed by atoms with E-state index in [9.17, 15) is 19.4 Å². The molecule has 0 aromatic heterocycles. The van der Waals surface area contributed by atoms with E-state index in [0.29, 0.717) is 11.0 Å². The molecular formula is C26H47NO7P+. The smallest absolute Gasteiger partial charge is 0.463 e. The second-order valence-corrected chi connectivity index (χ2v) is 10.7. The van der Waals surface area contributed by atoms with E-state index in [4.69, 9.17) is 13.8 Å². The van der Waals surface area contributed by atoms with Crippen molar-refractivity contribution in [1.82, 2.24) is 0 Å². The lowest BCUT2D eigenvalue weighted by molar-refractivity contribution is -0.870. The van der Waals surface area contributed by atoms with Gasteiger partial charge in [-0.15, -0.1) is 0 Å². The summed E-state index contributed by atoms with van der Waals surface area (Å²) in [4.78, 5) is 21.4. The largest absolute Gasteiger partial charge is 0.472 e. The number of quaternary nitrogens is 1. The van der Waals surface area contributed by atoms with Gasteiger partial charge in [0.15, 0.2) is 0 Å². The first-order valence-electron chi connectivity index (χ1n) is 12.5. The van der Waals surface area contributed by atoms with Crippen LogP contribution in [0.1, 0.15) is 58.3 Å². The third kappa shape index (κ3) is 25.4. The number of phosphoric ester groups is 1. The summed E-state index contributed by atoms with van der Waals surface area (Å²) in [6, 6.07) is 0. The minimum absolute atomic E-state index is 0.0473. The van der Waals surface area contributed by atoms with Crippen molar-refractivity contribution in [2.75, 3.05) is 47.5 Å². The van der Waals surface area contributed by atoms with Crippen molar-refractivity contribution in [3.8, 4) is 0 Å². The van der Waals surface area contributed by atoms with E-state index in [1.165, 1.54) is 0 Å². The molecule has 0 bridgehead atoms. The van der Waals surface area contributed by atoms with Gasteiger partial charge in [0.2, 0.25) is 0 Å². The van der Waals surface area contributed by atoms with E-state index in [1.54, 1.807) is 0 Å². The molecule has 0 amide bonds. The summed E-state index contributed by atoms with van der Waals surface area (Å²) in [6.45, 7) is 1.94. The minimum atomic E-state index is -4.25. The average Bonchev–Trinajstić information content (AvgIpc) is 2.78. The monoisotopic (exact) mass is 516 g/mol. The number of likely N-dealkylation sites (N-methyl/N-ethyl adjacent to an activating group) is 1. The van der Waals surface area contributed by atoms with Gasteiger partial charge in [-0.3, -0.25) is 13.8 Å². The van der Waals surface area contributed by atoms with E-state index in [1.807, 2.05) is 51.5 Å². The van der Waals surface area contributed by atoms with Crippen LogP contribution < -0.4 is 0 Å². The molecule has 8 nitrogen and oxygen atoms in total. The fourth-order valence-corrected chi connectivity index (χ4v) is 3.41. The lowest BCUT2D eigenvalue weighted by Crippen LogP contribution is -2.37. The molecule has 0 aliphatic rings. The third-order valence-electron chi connectivity index (χ3n) is 4.70. The molecular weight excluding hydrogens is 469 g/mol. The van der Waals surface area contributed by atoms with E-state index < -0.39 is 26.5 Å². The van der Waals surface area contributed by atoms with Crippen molar-refractivity contribution < 1.29 is 37.6 Å². The zero-order chi connectivity index (χ0) is 26.4. The number of rotatable bonds is 21. The Hall–Kier alpha value is -1.54. The molecule has 0 aliphatic carbocycles. The number of aliphatic hydroxyl groups excluding tert-OH is 1. The second kappa shape index (κ2) is 20.6. The molecule has 2 atom stereocenters. The predicted octanol–water partition coefficient (Wildman–Crippen LogP) is 5.10. The summed E-state index contributed by atoms with van der Waals surface area (Å²) in [5, 5.41) is 9.81. The molecule has 0 aliphatic heterocycles. The molecule has 0 saturated carbocycles. The highest BCUT2D eigenvalue weighted by Gasteiger charge is 2.24. The molecule has 2 N–H and O–H groups in total. The first kappa shape index (κ1) is 33.5. The Morgan fingerprint density at radius 1 is 0.886 bits per heavy atom. The number of allylic oxidation sites excluding steroid dienone is 8. The van der Waals surface area contributed by atoms with Crippen LogP contribution in [0, 0.1) is 0 Å². The summed E-state index contributed by atoms with van der Waals surface area (Å²) in [5.41, 5.74) is 0. The molecule has 9 heteroatoms. The van der Waals surface area contributed by atoms with Crippen LogP contribution in [-0.4, -0.2) is 74.1 Å². The number of carbonyl (C=O) groups excluding carboxylic acids is 1. The Morgan fingerprint density at radius 2 is 1.49 bits per heavy atom. The van der Waals surface area contributed by atoms with E-state index in [2.05, 4.69) is 25.2 Å². The quantitative estimate of drug-likeness (QED) is 0.0720. The Kier molecular flexibility index (Phi) is 19.7. The number of unbranched alkanes of at least 4 members (excludes halogenated alkanes) is 5. The Bertz CT molecular complexity index is 711. The van der Waals surface area contributed by atoms with Gasteiger partial charge in [0, 0.05) is 6.42 Å². The van der Waals surface area contributed by atoms with Gasteiger partial charge in [-0.1, -0.05) is 74.8 Å². The number of ether oxygens (including phenoxy) is 1. The predicted molar refractivity (Wildman–Crippen MR) is 141 cm³/mol. The van der Waals surface area contributed by atoms with Gasteiger partial charge in [0.1, 0.15) is 25.9 Å². The average molecular weight is 517 g/mol. The number of carbonyl (C=O) groups is 1. The highest BCUT2D eigenvalue weighted by Crippen LogP contribution is 2.43. The van der Waals surface area contributed by atoms with Gasteiger partial charge in [-0.25, -0.2) is 4.57 Å². The van der Waals surface area contributed by atoms with E-state index >= 15 is 0 Å². The van der Waals surface area contributed by atoms with Crippen LogP contribution >= 0.6 is 7.82 Å². The molecule has 1 unspecified atom stereocenters. The Labute approximate surface area is 212 Å². The zero-order valence-electron chi connectivity index (χ0n) is 22.0. The maximum atomic E-state index is 11.8. The maximum absolute atomic E-state index is 11.8. The Balaban J connectivity index is 3.71. The number of hydrogen-bond donors (Lipinski definition) is 2. The first-order chi connectivity index (χ1) is 16.6. The standard InChI is InChI=1S/C26H46NO7P/c1-5-6-7-8-9-10-11-12-13-14-15-16-17-18-19-20-26(29)32-23-25(28)24-34-35(30,31)33-22-21-27(2,3)4/h6-13,25,28H,5,14-24H2,1-4H3/p+1/b7-6+,9-8+,11-10+,13-12+/t25-/m1/s1. The van der Waals surface area contributed by atoms with Crippen LogP contribution in [0.4, 0.5) is 0 Å². The first-order valence-corrected chi connectivity index (χ1v) is 14.0. The Morgan fingerprint density at radius 3 is 2.14 bits per heavy atom. The van der Waals surface area contributed by atoms with Gasteiger partial charge < -0.3 is 19.2 Å². The van der Waals surface area contributed by atoms with Gasteiger partial charge in [-0.2, -0.15) is 0 Å². The van der Waals surface area contributed by atoms with Crippen molar-refractivity contribution in [2.24, 2.45) is 0 Å². The molecule has 0 aromatic carbocycles. The van der Waals surface area contributed by atoms with Crippen LogP contribution in [-0.2, 0) is 23.1 Å². The van der Waals surface area contributed by atoms with Gasteiger partial charge in [0.05, 0.1) is 27.7 Å². The fraction of sp³-hybridized carbons (Fsp3) is 0.654. The SMILES string of the molecule is CC/C=C/C=C/C=C/C=C/CCCCCCCC(=O)OC[C@@H](O)COP(=O)(O)OCC[N+](C)(C)C. The van der Waals surface area contributed by atoms with Gasteiger partial charge in [-0.05, 0) is 25.7 Å². The minimum Gasteiger partial charge on any atom is -0.463 e. The van der Waals surface area contributed by atoms with Crippen LogP contribution in [0.25, 0.3) is 0 Å². The van der Waals surface area contributed by atoms with Crippen LogP contribution in [0.2, 0.25) is 0 Å². The topological polar surface area (TPSA) is 102 Å². The summed E-state index contributed by atoms with van der Waals surface area (Å²) in [5.74, 6) is -0.399. The molecule has 0 spiro atoms. The highest BCUT2D eigenvalue weighted by atomic mass is 31.2. The lowest BCUT2D eigenvalue weighted by atomic mass is 10.1. The summed E-state index contributed by atoms with van der Waals surface area (Å²) < 4.78 is 27.0. The van der Waals surface area contributed by atoms with Crippen molar-refractivity contribution >= 4 is 13.8 Å². The van der Waals surface area contributed by atoms with Crippen molar-refractivity contribution in [3.05, 3.63) is 48.6 Å². The zero-order valence-corrected chi connectivity index (χ0v) is 22.9. The van der Waals surface area contributed by atoms with Crippen LogP contribution in [0.3, 0.4) is 0 Å². The molecule has 0 aromatic rings. The lowest BCUT2D eigenvalue weighted by Gasteiger charge is -2.24. The summed E-state index contributed by atoms with van der Waals surface area (Å²) in [7, 11) is 1.53. The fourth-order valence-electron chi connectivity index (χ4n) is 2.66. The van der Waals surface area contributed by atoms with Crippen molar-refractivity contribution in [2.45, 2.75) is 64.4 Å². The van der Waals surface area contributed by atoms with Gasteiger partial charge >= 0.3 is 13.8 Å². The molecule has 0 heterocycles. The number of aliphatic hydroxyl groups is 1. The van der Waals surface area contributed by atoms with E-state index in [-0.39, 0.29) is 19.6 Å². The van der Waals surface area contributed by atoms with Crippen LogP contribution in [0.5, 0.6) is 0 Å². The molecule has 0 rings (SSSR count). The maximum Gasteiger partial charge on any atom is 0.472 e. The highest BCUT2D eigenvalue weighted by molar-refractivity contribution is 7.47. The third-order valence-corrected chi connectivity index (χ3v) is 5.68. The second-order valence-electron chi connectivity index (χ2n) is 9.29.